The minimum atomic E-state index is -1.89. The second-order valence-electron chi connectivity index (χ2n) is 2.95. The third-order valence-electron chi connectivity index (χ3n) is 1.89. The molecule has 0 spiro atoms. The number of methoxy groups -OCH3 is 1. The molecule has 0 fully saturated rings. The number of ether oxygens (including phenoxy) is 1. The molecule has 2 atom stereocenters. The van der Waals surface area contributed by atoms with Crippen LogP contribution in [-0.2, 0) is 9.53 Å². The number of esters is 1. The molecule has 0 aromatic carbocycles. The van der Waals surface area contributed by atoms with E-state index in [1.54, 1.807) is 0 Å². The van der Waals surface area contributed by atoms with Gasteiger partial charge in [-0.1, -0.05) is 11.6 Å². The van der Waals surface area contributed by atoms with E-state index in [0.29, 0.717) is 0 Å². The molecular formula is C9H9ClFNO4. The fourth-order valence-corrected chi connectivity index (χ4v) is 1.23. The van der Waals surface area contributed by atoms with Crippen LogP contribution in [0.5, 0.6) is 0 Å². The first-order valence-corrected chi connectivity index (χ1v) is 4.60. The molecule has 1 heterocycles. The van der Waals surface area contributed by atoms with E-state index in [0.717, 1.165) is 19.4 Å². The number of pyridine rings is 1. The Kier molecular flexibility index (Phi) is 4.17. The highest BCUT2D eigenvalue weighted by molar-refractivity contribution is 6.30. The van der Waals surface area contributed by atoms with Gasteiger partial charge in [0, 0.05) is 11.8 Å². The summed E-state index contributed by atoms with van der Waals surface area (Å²) in [5, 5.41) is 18.9. The Labute approximate surface area is 95.4 Å². The summed E-state index contributed by atoms with van der Waals surface area (Å²) < 4.78 is 17.4. The maximum Gasteiger partial charge on any atom is 0.337 e. The lowest BCUT2D eigenvalue weighted by molar-refractivity contribution is -0.156. The van der Waals surface area contributed by atoms with E-state index < -0.39 is 24.1 Å². The Hall–Kier alpha value is -1.24. The number of hydrogen-bond acceptors (Lipinski definition) is 5. The highest BCUT2D eigenvalue weighted by atomic mass is 35.5. The molecule has 7 heteroatoms. The van der Waals surface area contributed by atoms with Crippen molar-refractivity contribution in [3.05, 3.63) is 28.8 Å². The zero-order chi connectivity index (χ0) is 12.3. The van der Waals surface area contributed by atoms with Gasteiger partial charge in [0.15, 0.2) is 6.10 Å². The van der Waals surface area contributed by atoms with Crippen molar-refractivity contribution in [1.29, 1.82) is 0 Å². The maximum absolute atomic E-state index is 13.2. The van der Waals surface area contributed by atoms with Crippen LogP contribution < -0.4 is 0 Å². The third-order valence-corrected chi connectivity index (χ3v) is 2.10. The van der Waals surface area contributed by atoms with Crippen LogP contribution in [0, 0.1) is 5.95 Å². The molecule has 1 aromatic heterocycles. The Balaban J connectivity index is 2.99. The highest BCUT2D eigenvalue weighted by Crippen LogP contribution is 2.22. The van der Waals surface area contributed by atoms with Crippen LogP contribution in [0.2, 0.25) is 5.02 Å². The summed E-state index contributed by atoms with van der Waals surface area (Å²) in [5.74, 6) is -2.09. The van der Waals surface area contributed by atoms with Crippen LogP contribution in [-0.4, -0.2) is 34.4 Å². The van der Waals surface area contributed by atoms with Crippen molar-refractivity contribution in [1.82, 2.24) is 4.98 Å². The number of carbonyl (C=O) groups excluding carboxylic acids is 1. The average molecular weight is 250 g/mol. The van der Waals surface area contributed by atoms with Gasteiger partial charge in [0.05, 0.1) is 12.1 Å². The summed E-state index contributed by atoms with van der Waals surface area (Å²) in [5.41, 5.74) is -0.370. The van der Waals surface area contributed by atoms with E-state index in [1.165, 1.54) is 0 Å². The number of halogens is 2. The normalized spacial score (nSPS) is 14.3. The number of hydrogen-bond donors (Lipinski definition) is 2. The summed E-state index contributed by atoms with van der Waals surface area (Å²) in [6, 6.07) is 1.07. The number of rotatable bonds is 3. The molecule has 0 radical (unpaired) electrons. The van der Waals surface area contributed by atoms with Crippen LogP contribution in [0.4, 0.5) is 4.39 Å². The molecular weight excluding hydrogens is 241 g/mol. The average Bonchev–Trinajstić information content (AvgIpc) is 2.29. The van der Waals surface area contributed by atoms with Crippen molar-refractivity contribution >= 4 is 17.6 Å². The van der Waals surface area contributed by atoms with Crippen LogP contribution in [0.1, 0.15) is 11.7 Å². The fraction of sp³-hybridized carbons (Fsp3) is 0.333. The van der Waals surface area contributed by atoms with Gasteiger partial charge in [-0.15, -0.1) is 0 Å². The SMILES string of the molecule is COC(=O)C(O)C(O)c1cc(Cl)cnc1F. The van der Waals surface area contributed by atoms with Gasteiger partial charge in [0.2, 0.25) is 5.95 Å². The lowest BCUT2D eigenvalue weighted by Gasteiger charge is -2.16. The number of aliphatic hydroxyl groups is 2. The van der Waals surface area contributed by atoms with Crippen molar-refractivity contribution < 1.29 is 24.1 Å². The molecule has 0 saturated heterocycles. The van der Waals surface area contributed by atoms with Gasteiger partial charge in [-0.05, 0) is 6.07 Å². The summed E-state index contributed by atoms with van der Waals surface area (Å²) in [6.07, 6.45) is -2.63. The lowest BCUT2D eigenvalue weighted by atomic mass is 10.1. The molecule has 0 aliphatic rings. The molecule has 0 bridgehead atoms. The van der Waals surface area contributed by atoms with Crippen LogP contribution in [0.25, 0.3) is 0 Å². The predicted octanol–water partition coefficient (Wildman–Crippen LogP) is 0.441. The molecule has 88 valence electrons. The zero-order valence-electron chi connectivity index (χ0n) is 8.22. The quantitative estimate of drug-likeness (QED) is 0.600. The van der Waals surface area contributed by atoms with Crippen molar-refractivity contribution in [3.8, 4) is 0 Å². The number of nitrogens with zero attached hydrogens (tertiary/aromatic N) is 1. The first-order valence-electron chi connectivity index (χ1n) is 4.22. The summed E-state index contributed by atoms with van der Waals surface area (Å²) in [7, 11) is 1.03. The van der Waals surface area contributed by atoms with Gasteiger partial charge in [-0.2, -0.15) is 4.39 Å². The van der Waals surface area contributed by atoms with E-state index in [9.17, 15) is 19.4 Å². The van der Waals surface area contributed by atoms with Crippen LogP contribution >= 0.6 is 11.6 Å². The highest BCUT2D eigenvalue weighted by Gasteiger charge is 2.29. The first-order chi connectivity index (χ1) is 7.47. The van der Waals surface area contributed by atoms with Gasteiger partial charge in [-0.3, -0.25) is 0 Å². The second-order valence-corrected chi connectivity index (χ2v) is 3.38. The van der Waals surface area contributed by atoms with Gasteiger partial charge in [-0.25, -0.2) is 9.78 Å². The number of aromatic nitrogens is 1. The minimum absolute atomic E-state index is 0.0764. The molecule has 0 saturated carbocycles. The topological polar surface area (TPSA) is 79.7 Å². The smallest absolute Gasteiger partial charge is 0.337 e. The molecule has 0 amide bonds. The monoisotopic (exact) mass is 249 g/mol. The van der Waals surface area contributed by atoms with Crippen LogP contribution in [0.15, 0.2) is 12.3 Å². The maximum atomic E-state index is 13.2. The van der Waals surface area contributed by atoms with Gasteiger partial charge in [0.25, 0.3) is 0 Å². The second kappa shape index (κ2) is 5.20. The molecule has 2 N–H and O–H groups in total. The van der Waals surface area contributed by atoms with E-state index in [-0.39, 0.29) is 10.6 Å². The Morgan fingerprint density at radius 2 is 2.25 bits per heavy atom. The Morgan fingerprint density at radius 3 is 2.81 bits per heavy atom. The van der Waals surface area contributed by atoms with Crippen molar-refractivity contribution in [2.24, 2.45) is 0 Å². The summed E-state index contributed by atoms with van der Waals surface area (Å²) >= 11 is 5.54. The number of carbonyl (C=O) groups is 1. The molecule has 5 nitrogen and oxygen atoms in total. The van der Waals surface area contributed by atoms with Crippen molar-refractivity contribution in [2.75, 3.05) is 7.11 Å². The molecule has 1 rings (SSSR count). The number of aliphatic hydroxyl groups excluding tert-OH is 2. The largest absolute Gasteiger partial charge is 0.467 e. The Morgan fingerprint density at radius 1 is 1.62 bits per heavy atom. The van der Waals surface area contributed by atoms with E-state index >= 15 is 0 Å². The van der Waals surface area contributed by atoms with E-state index in [1.807, 2.05) is 0 Å². The molecule has 2 unspecified atom stereocenters. The first kappa shape index (κ1) is 12.8. The predicted molar refractivity (Wildman–Crippen MR) is 52.2 cm³/mol. The van der Waals surface area contributed by atoms with Crippen molar-refractivity contribution in [3.63, 3.8) is 0 Å². The zero-order valence-corrected chi connectivity index (χ0v) is 8.98. The molecule has 0 aliphatic heterocycles. The third kappa shape index (κ3) is 2.66. The standard InChI is InChI=1S/C9H9ClFNO4/c1-16-9(15)7(14)6(13)5-2-4(10)3-12-8(5)11/h2-3,6-7,13-14H,1H3. The Bertz CT molecular complexity index is 401. The fourth-order valence-electron chi connectivity index (χ4n) is 1.07. The van der Waals surface area contributed by atoms with Crippen LogP contribution in [0.3, 0.4) is 0 Å². The molecule has 16 heavy (non-hydrogen) atoms. The lowest BCUT2D eigenvalue weighted by Crippen LogP contribution is -2.29. The van der Waals surface area contributed by atoms with E-state index in [2.05, 4.69) is 9.72 Å². The van der Waals surface area contributed by atoms with E-state index in [4.69, 9.17) is 11.6 Å². The molecule has 0 aliphatic carbocycles. The van der Waals surface area contributed by atoms with Gasteiger partial charge >= 0.3 is 5.97 Å². The molecule has 1 aromatic rings. The summed E-state index contributed by atoms with van der Waals surface area (Å²) in [4.78, 5) is 14.2. The minimum Gasteiger partial charge on any atom is -0.467 e. The van der Waals surface area contributed by atoms with Gasteiger partial charge < -0.3 is 14.9 Å². The van der Waals surface area contributed by atoms with Gasteiger partial charge in [0.1, 0.15) is 6.10 Å². The summed E-state index contributed by atoms with van der Waals surface area (Å²) in [6.45, 7) is 0. The van der Waals surface area contributed by atoms with Crippen molar-refractivity contribution in [2.45, 2.75) is 12.2 Å².